The molecule has 1 heterocycles. The van der Waals surface area contributed by atoms with Crippen molar-refractivity contribution in [2.75, 3.05) is 13.1 Å². The summed E-state index contributed by atoms with van der Waals surface area (Å²) in [6.45, 7) is 2.45. The topological polar surface area (TPSA) is 53.6 Å². The Labute approximate surface area is 178 Å². The fourth-order valence-electron chi connectivity index (χ4n) is 3.37. The number of nitrogens with one attached hydrogen (secondary N) is 2. The molecule has 3 rings (SSSR count). The Balaban J connectivity index is 1.42. The minimum absolute atomic E-state index is 0.0214. The van der Waals surface area contributed by atoms with E-state index in [4.69, 9.17) is 11.6 Å². The van der Waals surface area contributed by atoms with Crippen LogP contribution in [-0.2, 0) is 13.1 Å². The molecule has 30 heavy (non-hydrogen) atoms. The number of para-hydroxylation sites is 1. The van der Waals surface area contributed by atoms with E-state index < -0.39 is 12.4 Å². The third-order valence-corrected chi connectivity index (χ3v) is 5.13. The zero-order chi connectivity index (χ0) is 21.6. The van der Waals surface area contributed by atoms with Crippen molar-refractivity contribution in [1.82, 2.24) is 15.5 Å². The molecule has 0 aliphatic carbocycles. The van der Waals surface area contributed by atoms with Crippen molar-refractivity contribution in [1.29, 1.82) is 0 Å². The lowest BCUT2D eigenvalue weighted by Gasteiger charge is -2.32. The normalized spacial score (nSPS) is 15.6. The lowest BCUT2D eigenvalue weighted by Crippen LogP contribution is -2.47. The standard InChI is InChI=1S/C21H23ClF3N3O2/c22-17-7-5-15(6-8-17)14-28-11-9-18(10-12-28)27-20(29)26-13-16-3-1-2-4-19(16)30-21(23,24)25/h1-8,18H,9-14H2,(H2,26,27,29). The van der Waals surface area contributed by atoms with E-state index in [9.17, 15) is 18.0 Å². The van der Waals surface area contributed by atoms with Gasteiger partial charge in [-0.05, 0) is 36.6 Å². The van der Waals surface area contributed by atoms with Crippen LogP contribution in [0, 0.1) is 0 Å². The first-order valence-electron chi connectivity index (χ1n) is 9.63. The smallest absolute Gasteiger partial charge is 0.405 e. The highest BCUT2D eigenvalue weighted by Gasteiger charge is 2.32. The van der Waals surface area contributed by atoms with E-state index in [1.54, 1.807) is 6.07 Å². The molecule has 0 bridgehead atoms. The molecule has 1 fully saturated rings. The van der Waals surface area contributed by atoms with Crippen LogP contribution in [0.15, 0.2) is 48.5 Å². The average molecular weight is 442 g/mol. The fraction of sp³-hybridized carbons (Fsp3) is 0.381. The van der Waals surface area contributed by atoms with Crippen LogP contribution in [0.2, 0.25) is 5.02 Å². The second-order valence-corrected chi connectivity index (χ2v) is 7.60. The molecule has 5 nitrogen and oxygen atoms in total. The molecule has 0 unspecified atom stereocenters. The molecule has 2 amide bonds. The Morgan fingerprint density at radius 3 is 2.43 bits per heavy atom. The molecule has 0 spiro atoms. The summed E-state index contributed by atoms with van der Waals surface area (Å²) in [4.78, 5) is 14.5. The first-order chi connectivity index (χ1) is 14.3. The third-order valence-electron chi connectivity index (χ3n) is 4.88. The summed E-state index contributed by atoms with van der Waals surface area (Å²) in [5.74, 6) is -0.319. The summed E-state index contributed by atoms with van der Waals surface area (Å²) in [6.07, 6.45) is -3.18. The van der Waals surface area contributed by atoms with Gasteiger partial charge in [-0.25, -0.2) is 4.79 Å². The number of rotatable bonds is 6. The Kier molecular flexibility index (Phi) is 7.44. The van der Waals surface area contributed by atoms with E-state index in [0.29, 0.717) is 5.02 Å². The van der Waals surface area contributed by atoms with Crippen LogP contribution in [0.25, 0.3) is 0 Å². The van der Waals surface area contributed by atoms with E-state index in [-0.39, 0.29) is 23.9 Å². The number of benzene rings is 2. The number of ether oxygens (including phenoxy) is 1. The summed E-state index contributed by atoms with van der Waals surface area (Å²) in [7, 11) is 0. The van der Waals surface area contributed by atoms with Crippen molar-refractivity contribution in [2.24, 2.45) is 0 Å². The van der Waals surface area contributed by atoms with Crippen LogP contribution in [-0.4, -0.2) is 36.4 Å². The van der Waals surface area contributed by atoms with Crippen LogP contribution in [0.4, 0.5) is 18.0 Å². The number of nitrogens with zero attached hydrogens (tertiary/aromatic N) is 1. The quantitative estimate of drug-likeness (QED) is 0.683. The van der Waals surface area contributed by atoms with Crippen LogP contribution in [0.5, 0.6) is 5.75 Å². The predicted octanol–water partition coefficient (Wildman–Crippen LogP) is 4.70. The maximum absolute atomic E-state index is 12.5. The van der Waals surface area contributed by atoms with Crippen molar-refractivity contribution < 1.29 is 22.7 Å². The monoisotopic (exact) mass is 441 g/mol. The Morgan fingerprint density at radius 1 is 1.10 bits per heavy atom. The summed E-state index contributed by atoms with van der Waals surface area (Å²) in [5.41, 5.74) is 1.44. The van der Waals surface area contributed by atoms with Gasteiger partial charge in [-0.15, -0.1) is 13.2 Å². The Morgan fingerprint density at radius 2 is 1.77 bits per heavy atom. The van der Waals surface area contributed by atoms with Gasteiger partial charge in [0, 0.05) is 42.8 Å². The van der Waals surface area contributed by atoms with Gasteiger partial charge in [-0.1, -0.05) is 41.9 Å². The molecule has 0 saturated carbocycles. The van der Waals surface area contributed by atoms with Crippen LogP contribution < -0.4 is 15.4 Å². The van der Waals surface area contributed by atoms with Gasteiger partial charge in [0.1, 0.15) is 5.75 Å². The van der Waals surface area contributed by atoms with Gasteiger partial charge >= 0.3 is 12.4 Å². The Bertz CT molecular complexity index is 838. The van der Waals surface area contributed by atoms with Gasteiger partial charge in [0.05, 0.1) is 0 Å². The van der Waals surface area contributed by atoms with Crippen LogP contribution >= 0.6 is 11.6 Å². The maximum atomic E-state index is 12.5. The maximum Gasteiger partial charge on any atom is 0.573 e. The van der Waals surface area contributed by atoms with Crippen LogP contribution in [0.1, 0.15) is 24.0 Å². The molecule has 2 N–H and O–H groups in total. The lowest BCUT2D eigenvalue weighted by atomic mass is 10.0. The highest BCUT2D eigenvalue weighted by Crippen LogP contribution is 2.26. The second kappa shape index (κ2) is 10.0. The van der Waals surface area contributed by atoms with E-state index in [2.05, 4.69) is 20.3 Å². The summed E-state index contributed by atoms with van der Waals surface area (Å²) >= 11 is 5.91. The van der Waals surface area contributed by atoms with Gasteiger partial charge in [-0.3, -0.25) is 4.90 Å². The SMILES string of the molecule is O=C(NCc1ccccc1OC(F)(F)F)NC1CCN(Cc2ccc(Cl)cc2)CC1. The van der Waals surface area contributed by atoms with Gasteiger partial charge in [-0.2, -0.15) is 0 Å². The largest absolute Gasteiger partial charge is 0.573 e. The van der Waals surface area contributed by atoms with E-state index in [0.717, 1.165) is 32.5 Å². The predicted molar refractivity (Wildman–Crippen MR) is 108 cm³/mol. The van der Waals surface area contributed by atoms with Gasteiger partial charge in [0.2, 0.25) is 0 Å². The zero-order valence-corrected chi connectivity index (χ0v) is 17.0. The van der Waals surface area contributed by atoms with Gasteiger partial charge < -0.3 is 15.4 Å². The van der Waals surface area contributed by atoms with Crippen molar-refractivity contribution in [2.45, 2.75) is 38.3 Å². The van der Waals surface area contributed by atoms with E-state index in [1.165, 1.54) is 23.8 Å². The number of likely N-dealkylation sites (tertiary alicyclic amines) is 1. The number of piperidine rings is 1. The highest BCUT2D eigenvalue weighted by molar-refractivity contribution is 6.30. The molecule has 2 aromatic rings. The molecule has 0 radical (unpaired) electrons. The van der Waals surface area contributed by atoms with Crippen molar-refractivity contribution in [3.63, 3.8) is 0 Å². The van der Waals surface area contributed by atoms with Crippen molar-refractivity contribution in [3.8, 4) is 5.75 Å². The van der Waals surface area contributed by atoms with Gasteiger partial charge in [0.25, 0.3) is 0 Å². The second-order valence-electron chi connectivity index (χ2n) is 7.16. The molecule has 1 aliphatic rings. The number of carbonyl (C=O) groups excluding carboxylic acids is 1. The fourth-order valence-corrected chi connectivity index (χ4v) is 3.50. The minimum Gasteiger partial charge on any atom is -0.405 e. The van der Waals surface area contributed by atoms with Crippen molar-refractivity contribution >= 4 is 17.6 Å². The molecule has 1 aliphatic heterocycles. The molecule has 0 aromatic heterocycles. The number of hydrogen-bond acceptors (Lipinski definition) is 3. The number of halogens is 4. The molecule has 1 saturated heterocycles. The number of hydrogen-bond donors (Lipinski definition) is 2. The average Bonchev–Trinajstić information content (AvgIpc) is 2.69. The molecular weight excluding hydrogens is 419 g/mol. The Hall–Kier alpha value is -2.45. The van der Waals surface area contributed by atoms with E-state index in [1.807, 2.05) is 24.3 Å². The number of alkyl halides is 3. The number of urea groups is 1. The van der Waals surface area contributed by atoms with Crippen LogP contribution in [0.3, 0.4) is 0 Å². The summed E-state index contributed by atoms with van der Waals surface area (Å²) < 4.78 is 41.5. The van der Waals surface area contributed by atoms with Gasteiger partial charge in [0.15, 0.2) is 0 Å². The molecule has 162 valence electrons. The summed E-state index contributed by atoms with van der Waals surface area (Å²) in [5, 5.41) is 6.21. The molecule has 0 atom stereocenters. The molecular formula is C21H23ClF3N3O2. The lowest BCUT2D eigenvalue weighted by molar-refractivity contribution is -0.274. The minimum atomic E-state index is -4.78. The first kappa shape index (κ1) is 22.2. The number of amides is 2. The highest BCUT2D eigenvalue weighted by atomic mass is 35.5. The third kappa shape index (κ3) is 7.11. The first-order valence-corrected chi connectivity index (χ1v) is 10.0. The molecule has 9 heteroatoms. The molecule has 2 aromatic carbocycles. The summed E-state index contributed by atoms with van der Waals surface area (Å²) in [6, 6.07) is 13.1. The van der Waals surface area contributed by atoms with E-state index >= 15 is 0 Å². The zero-order valence-electron chi connectivity index (χ0n) is 16.2. The number of carbonyl (C=O) groups is 1. The van der Waals surface area contributed by atoms with Crippen molar-refractivity contribution in [3.05, 3.63) is 64.7 Å².